The molecule has 6 nitrogen and oxygen atoms in total. The summed E-state index contributed by atoms with van der Waals surface area (Å²) in [6.07, 6.45) is -0.264. The molecule has 7 heteroatoms. The normalized spacial score (nSPS) is 11.5. The lowest BCUT2D eigenvalue weighted by molar-refractivity contribution is -0.134. The minimum atomic E-state index is -0.718. The molecule has 0 bridgehead atoms. The van der Waals surface area contributed by atoms with Crippen LogP contribution < -0.4 is 20.3 Å². The fraction of sp³-hybridized carbons (Fsp3) is 0.333. The molecule has 2 N–H and O–H groups in total. The summed E-state index contributed by atoms with van der Waals surface area (Å²) in [6.45, 7) is 7.26. The minimum Gasteiger partial charge on any atom is -0.484 e. The van der Waals surface area contributed by atoms with Crippen LogP contribution in [0, 0.1) is 20.8 Å². The highest BCUT2D eigenvalue weighted by Crippen LogP contribution is 2.25. The van der Waals surface area contributed by atoms with E-state index in [1.54, 1.807) is 18.2 Å². The van der Waals surface area contributed by atoms with Crippen molar-refractivity contribution >= 4 is 23.4 Å². The van der Waals surface area contributed by atoms with E-state index in [0.29, 0.717) is 22.9 Å². The lowest BCUT2D eigenvalue weighted by atomic mass is 10.1. The molecule has 0 radical (unpaired) electrons. The van der Waals surface area contributed by atoms with Crippen LogP contribution in [0.3, 0.4) is 0 Å². The summed E-state index contributed by atoms with van der Waals surface area (Å²) in [5.41, 5.74) is 7.47. The fourth-order valence-electron chi connectivity index (χ4n) is 2.56. The van der Waals surface area contributed by atoms with Crippen LogP contribution in [0.5, 0.6) is 11.5 Å². The van der Waals surface area contributed by atoms with E-state index in [2.05, 4.69) is 10.9 Å². The summed E-state index contributed by atoms with van der Waals surface area (Å²) >= 11 is 6.11. The molecule has 2 amide bonds. The third kappa shape index (κ3) is 6.16. The molecule has 0 aliphatic heterocycles. The molecule has 1 unspecified atom stereocenters. The maximum absolute atomic E-state index is 12.3. The lowest BCUT2D eigenvalue weighted by Gasteiger charge is -2.18. The average molecular weight is 405 g/mol. The molecule has 0 aliphatic carbocycles. The zero-order valence-electron chi connectivity index (χ0n) is 16.5. The van der Waals surface area contributed by atoms with Gasteiger partial charge < -0.3 is 9.47 Å². The molecule has 0 heterocycles. The first kappa shape index (κ1) is 21.6. The topological polar surface area (TPSA) is 76.7 Å². The highest BCUT2D eigenvalue weighted by atomic mass is 35.5. The van der Waals surface area contributed by atoms with Gasteiger partial charge in [-0.2, -0.15) is 0 Å². The first-order valence-electron chi connectivity index (χ1n) is 9.01. The Morgan fingerprint density at radius 1 is 1.04 bits per heavy atom. The molecule has 0 aromatic heterocycles. The number of hydrogen-bond acceptors (Lipinski definition) is 4. The number of hydrogen-bond donors (Lipinski definition) is 2. The number of benzene rings is 2. The summed E-state index contributed by atoms with van der Waals surface area (Å²) in [6, 6.07) is 10.9. The van der Waals surface area contributed by atoms with Crippen molar-refractivity contribution in [1.29, 1.82) is 0 Å². The number of hydrazine groups is 1. The van der Waals surface area contributed by atoms with Crippen molar-refractivity contribution in [2.24, 2.45) is 0 Å². The Morgan fingerprint density at radius 2 is 1.71 bits per heavy atom. The van der Waals surface area contributed by atoms with Gasteiger partial charge in [-0.1, -0.05) is 30.7 Å². The van der Waals surface area contributed by atoms with Crippen molar-refractivity contribution in [2.75, 3.05) is 6.61 Å². The molecule has 28 heavy (non-hydrogen) atoms. The van der Waals surface area contributed by atoms with Gasteiger partial charge in [-0.3, -0.25) is 20.4 Å². The van der Waals surface area contributed by atoms with Crippen LogP contribution in [0.4, 0.5) is 0 Å². The largest absolute Gasteiger partial charge is 0.484 e. The van der Waals surface area contributed by atoms with Gasteiger partial charge in [-0.25, -0.2) is 0 Å². The second-order valence-corrected chi connectivity index (χ2v) is 6.91. The van der Waals surface area contributed by atoms with Gasteiger partial charge in [0.15, 0.2) is 12.7 Å². The van der Waals surface area contributed by atoms with Crippen molar-refractivity contribution in [1.82, 2.24) is 10.9 Å². The Kier molecular flexibility index (Phi) is 7.70. The number of amides is 2. The first-order valence-corrected chi connectivity index (χ1v) is 9.39. The molecule has 2 rings (SSSR count). The molecule has 1 atom stereocenters. The third-order valence-corrected chi connectivity index (χ3v) is 4.63. The van der Waals surface area contributed by atoms with Crippen LogP contribution in [0.25, 0.3) is 0 Å². The molecule has 0 fully saturated rings. The van der Waals surface area contributed by atoms with E-state index in [1.165, 1.54) is 0 Å². The smallest absolute Gasteiger partial charge is 0.279 e. The Balaban J connectivity index is 1.83. The molecule has 0 saturated heterocycles. The standard InChI is InChI=1S/C21H25ClN2O4/c1-5-18(28-16-8-6-7-13(2)9-16)21(26)24-23-19(25)12-27-17-10-14(3)20(22)15(4)11-17/h6-11,18H,5,12H2,1-4H3,(H,23,25)(H,24,26). The molecule has 2 aromatic rings. The van der Waals surface area contributed by atoms with Gasteiger partial charge in [0.05, 0.1) is 0 Å². The zero-order chi connectivity index (χ0) is 20.7. The number of aryl methyl sites for hydroxylation is 3. The molecule has 0 saturated carbocycles. The Bertz CT molecular complexity index is 831. The zero-order valence-corrected chi connectivity index (χ0v) is 17.2. The van der Waals surface area contributed by atoms with E-state index in [0.717, 1.165) is 16.7 Å². The number of halogens is 1. The maximum Gasteiger partial charge on any atom is 0.279 e. The van der Waals surface area contributed by atoms with Crippen molar-refractivity contribution in [3.8, 4) is 11.5 Å². The summed E-state index contributed by atoms with van der Waals surface area (Å²) in [7, 11) is 0. The summed E-state index contributed by atoms with van der Waals surface area (Å²) in [5, 5.41) is 0.670. The van der Waals surface area contributed by atoms with E-state index in [-0.39, 0.29) is 6.61 Å². The first-order chi connectivity index (χ1) is 13.3. The van der Waals surface area contributed by atoms with Gasteiger partial charge in [0.25, 0.3) is 11.8 Å². The Labute approximate surface area is 170 Å². The number of carbonyl (C=O) groups is 2. The van der Waals surface area contributed by atoms with Crippen LogP contribution >= 0.6 is 11.6 Å². The summed E-state index contributed by atoms with van der Waals surface area (Å²) in [4.78, 5) is 24.2. The van der Waals surface area contributed by atoms with Crippen LogP contribution in [0.15, 0.2) is 36.4 Å². The van der Waals surface area contributed by atoms with E-state index in [9.17, 15) is 9.59 Å². The van der Waals surface area contributed by atoms with Crippen LogP contribution in [0.1, 0.15) is 30.0 Å². The molecule has 2 aromatic carbocycles. The van der Waals surface area contributed by atoms with Gasteiger partial charge >= 0.3 is 0 Å². The minimum absolute atomic E-state index is 0.240. The predicted molar refractivity (Wildman–Crippen MR) is 109 cm³/mol. The highest BCUT2D eigenvalue weighted by molar-refractivity contribution is 6.32. The van der Waals surface area contributed by atoms with Gasteiger partial charge in [-0.15, -0.1) is 0 Å². The van der Waals surface area contributed by atoms with Crippen molar-refractivity contribution < 1.29 is 19.1 Å². The van der Waals surface area contributed by atoms with Crippen LogP contribution in [-0.2, 0) is 9.59 Å². The quantitative estimate of drug-likeness (QED) is 0.690. The second kappa shape index (κ2) is 9.99. The maximum atomic E-state index is 12.3. The molecular weight excluding hydrogens is 380 g/mol. The Hall–Kier alpha value is -2.73. The number of rotatable bonds is 7. The van der Waals surface area contributed by atoms with E-state index < -0.39 is 17.9 Å². The van der Waals surface area contributed by atoms with E-state index in [1.807, 2.05) is 45.9 Å². The summed E-state index contributed by atoms with van der Waals surface area (Å²) in [5.74, 6) is 0.222. The predicted octanol–water partition coefficient (Wildman–Crippen LogP) is 3.65. The van der Waals surface area contributed by atoms with Crippen molar-refractivity contribution in [3.63, 3.8) is 0 Å². The highest BCUT2D eigenvalue weighted by Gasteiger charge is 2.19. The second-order valence-electron chi connectivity index (χ2n) is 6.53. The van der Waals surface area contributed by atoms with Gasteiger partial charge in [0.2, 0.25) is 0 Å². The number of nitrogens with one attached hydrogen (secondary N) is 2. The molecule has 0 spiro atoms. The Morgan fingerprint density at radius 3 is 2.32 bits per heavy atom. The van der Waals surface area contributed by atoms with Crippen molar-refractivity contribution in [3.05, 3.63) is 58.1 Å². The lowest BCUT2D eigenvalue weighted by Crippen LogP contribution is -2.49. The number of carbonyl (C=O) groups excluding carboxylic acids is 2. The van der Waals surface area contributed by atoms with Crippen LogP contribution in [0.2, 0.25) is 5.02 Å². The van der Waals surface area contributed by atoms with Crippen LogP contribution in [-0.4, -0.2) is 24.5 Å². The molecular formula is C21H25ClN2O4. The van der Waals surface area contributed by atoms with E-state index in [4.69, 9.17) is 21.1 Å². The monoisotopic (exact) mass is 404 g/mol. The summed E-state index contributed by atoms with van der Waals surface area (Å²) < 4.78 is 11.2. The fourth-order valence-corrected chi connectivity index (χ4v) is 2.67. The third-order valence-electron chi connectivity index (χ3n) is 4.04. The van der Waals surface area contributed by atoms with E-state index >= 15 is 0 Å². The average Bonchev–Trinajstić information content (AvgIpc) is 2.66. The molecule has 150 valence electrons. The van der Waals surface area contributed by atoms with Gasteiger partial charge in [0.1, 0.15) is 11.5 Å². The molecule has 0 aliphatic rings. The SMILES string of the molecule is CCC(Oc1cccc(C)c1)C(=O)NNC(=O)COc1cc(C)c(Cl)c(C)c1. The van der Waals surface area contributed by atoms with Gasteiger partial charge in [-0.05, 0) is 68.1 Å². The number of ether oxygens (including phenoxy) is 2. The van der Waals surface area contributed by atoms with Crippen molar-refractivity contribution in [2.45, 2.75) is 40.2 Å². The van der Waals surface area contributed by atoms with Gasteiger partial charge in [0, 0.05) is 5.02 Å².